The summed E-state index contributed by atoms with van der Waals surface area (Å²) in [5.41, 5.74) is 3.63. The summed E-state index contributed by atoms with van der Waals surface area (Å²) in [6.45, 7) is 2.13. The molecule has 4 aromatic rings. The van der Waals surface area contributed by atoms with Gasteiger partial charge in [0.25, 0.3) is 0 Å². The van der Waals surface area contributed by atoms with Crippen LogP contribution in [0.1, 0.15) is 44.6 Å². The molecule has 0 bridgehead atoms. The van der Waals surface area contributed by atoms with E-state index in [4.69, 9.17) is 9.72 Å². The molecule has 1 amide bonds. The molecule has 2 aromatic carbocycles. The van der Waals surface area contributed by atoms with Gasteiger partial charge in [0.15, 0.2) is 11.4 Å². The Morgan fingerprint density at radius 3 is 2.36 bits per heavy atom. The van der Waals surface area contributed by atoms with E-state index >= 15 is 0 Å². The van der Waals surface area contributed by atoms with Gasteiger partial charge in [-0.1, -0.05) is 79.9 Å². The SMILES string of the molecule is CC(=O)N(c1c(-c2ccccc2)nc2c(OCc3ccccc3)cccn12)C1CCCCC1. The minimum atomic E-state index is 0.0523. The molecule has 0 atom stereocenters. The first kappa shape index (κ1) is 21.3. The third-order valence-corrected chi connectivity index (χ3v) is 6.38. The van der Waals surface area contributed by atoms with E-state index in [9.17, 15) is 4.79 Å². The minimum Gasteiger partial charge on any atom is -0.485 e. The van der Waals surface area contributed by atoms with Gasteiger partial charge in [-0.3, -0.25) is 14.1 Å². The fourth-order valence-electron chi connectivity index (χ4n) is 4.82. The maximum Gasteiger partial charge on any atom is 0.225 e. The highest BCUT2D eigenvalue weighted by atomic mass is 16.5. The van der Waals surface area contributed by atoms with Crippen LogP contribution in [0.15, 0.2) is 79.0 Å². The van der Waals surface area contributed by atoms with E-state index in [2.05, 4.69) is 12.1 Å². The van der Waals surface area contributed by atoms with Crippen LogP contribution in [0.4, 0.5) is 5.82 Å². The predicted octanol–water partition coefficient (Wildman–Crippen LogP) is 6.27. The van der Waals surface area contributed by atoms with Gasteiger partial charge in [-0.2, -0.15) is 0 Å². The number of carbonyl (C=O) groups excluding carboxylic acids is 1. The number of carbonyl (C=O) groups is 1. The highest BCUT2D eigenvalue weighted by molar-refractivity contribution is 5.96. The van der Waals surface area contributed by atoms with Crippen LogP contribution < -0.4 is 9.64 Å². The van der Waals surface area contributed by atoms with Crippen LogP contribution in [-0.4, -0.2) is 21.3 Å². The molecule has 0 N–H and O–H groups in total. The second-order valence-electron chi connectivity index (χ2n) is 8.67. The lowest BCUT2D eigenvalue weighted by Gasteiger charge is -2.33. The number of amides is 1. The minimum absolute atomic E-state index is 0.0523. The Balaban J connectivity index is 1.63. The van der Waals surface area contributed by atoms with Gasteiger partial charge < -0.3 is 4.74 Å². The first-order valence-corrected chi connectivity index (χ1v) is 11.8. The molecule has 5 nitrogen and oxygen atoms in total. The fourth-order valence-corrected chi connectivity index (χ4v) is 4.82. The fraction of sp³-hybridized carbons (Fsp3) is 0.286. The topological polar surface area (TPSA) is 46.8 Å². The molecule has 0 spiro atoms. The number of imidazole rings is 1. The molecule has 5 heteroatoms. The quantitative estimate of drug-likeness (QED) is 0.356. The lowest BCUT2D eigenvalue weighted by molar-refractivity contribution is -0.117. The molecule has 1 saturated carbocycles. The number of rotatable bonds is 6. The number of benzene rings is 2. The van der Waals surface area contributed by atoms with E-state index in [1.165, 1.54) is 6.42 Å². The van der Waals surface area contributed by atoms with Crippen molar-refractivity contribution in [3.63, 3.8) is 0 Å². The number of hydrogen-bond acceptors (Lipinski definition) is 3. The molecule has 0 saturated heterocycles. The zero-order valence-electron chi connectivity index (χ0n) is 19.0. The summed E-state index contributed by atoms with van der Waals surface area (Å²) in [4.78, 5) is 20.0. The average molecular weight is 440 g/mol. The summed E-state index contributed by atoms with van der Waals surface area (Å²) < 4.78 is 8.23. The second kappa shape index (κ2) is 9.49. The van der Waals surface area contributed by atoms with Crippen molar-refractivity contribution in [3.8, 4) is 17.0 Å². The molecule has 2 aromatic heterocycles. The lowest BCUT2D eigenvalue weighted by Crippen LogP contribution is -2.41. The summed E-state index contributed by atoms with van der Waals surface area (Å²) in [5, 5.41) is 0. The highest BCUT2D eigenvalue weighted by Crippen LogP contribution is 2.38. The smallest absolute Gasteiger partial charge is 0.225 e. The third kappa shape index (κ3) is 4.36. The summed E-state index contributed by atoms with van der Waals surface area (Å²) in [6, 6.07) is 24.3. The van der Waals surface area contributed by atoms with Crippen molar-refractivity contribution in [1.82, 2.24) is 9.38 Å². The molecule has 2 heterocycles. The van der Waals surface area contributed by atoms with Crippen LogP contribution in [0.2, 0.25) is 0 Å². The third-order valence-electron chi connectivity index (χ3n) is 6.38. The Kier molecular flexibility index (Phi) is 6.11. The van der Waals surface area contributed by atoms with Crippen LogP contribution >= 0.6 is 0 Å². The second-order valence-corrected chi connectivity index (χ2v) is 8.67. The molecule has 168 valence electrons. The largest absolute Gasteiger partial charge is 0.485 e. The van der Waals surface area contributed by atoms with E-state index in [1.54, 1.807) is 6.92 Å². The normalized spacial score (nSPS) is 14.3. The van der Waals surface area contributed by atoms with Gasteiger partial charge in [0.2, 0.25) is 5.91 Å². The summed E-state index contributed by atoms with van der Waals surface area (Å²) >= 11 is 0. The van der Waals surface area contributed by atoms with Crippen molar-refractivity contribution in [3.05, 3.63) is 84.6 Å². The van der Waals surface area contributed by atoms with Crippen molar-refractivity contribution in [1.29, 1.82) is 0 Å². The molecular formula is C28H29N3O2. The van der Waals surface area contributed by atoms with Crippen LogP contribution in [0.25, 0.3) is 16.9 Å². The maximum absolute atomic E-state index is 13.0. The standard InChI is InChI=1S/C28H29N3O2/c1-21(32)31(24-16-9-4-10-17-24)28-26(23-14-7-3-8-15-23)29-27-25(18-11-19-30(27)28)33-20-22-12-5-2-6-13-22/h2-3,5-8,11-15,18-19,24H,4,9-10,16-17,20H2,1H3. The first-order valence-electron chi connectivity index (χ1n) is 11.8. The molecule has 0 aliphatic heterocycles. The summed E-state index contributed by atoms with van der Waals surface area (Å²) in [5.74, 6) is 1.59. The summed E-state index contributed by atoms with van der Waals surface area (Å²) in [7, 11) is 0. The number of hydrogen-bond donors (Lipinski definition) is 0. The van der Waals surface area contributed by atoms with Gasteiger partial charge in [-0.25, -0.2) is 4.98 Å². The number of aromatic nitrogens is 2. The van der Waals surface area contributed by atoms with E-state index in [-0.39, 0.29) is 11.9 Å². The van der Waals surface area contributed by atoms with Crippen LogP contribution in [0.3, 0.4) is 0 Å². The van der Waals surface area contributed by atoms with Crippen LogP contribution in [0.5, 0.6) is 5.75 Å². The lowest BCUT2D eigenvalue weighted by atomic mass is 9.94. The van der Waals surface area contributed by atoms with Crippen molar-refractivity contribution < 1.29 is 9.53 Å². The number of ether oxygens (including phenoxy) is 1. The Bertz CT molecular complexity index is 1230. The highest BCUT2D eigenvalue weighted by Gasteiger charge is 2.30. The Hall–Kier alpha value is -3.60. The monoisotopic (exact) mass is 439 g/mol. The van der Waals surface area contributed by atoms with E-state index < -0.39 is 0 Å². The number of pyridine rings is 1. The Labute approximate surface area is 194 Å². The molecule has 1 aliphatic carbocycles. The predicted molar refractivity (Wildman–Crippen MR) is 131 cm³/mol. The van der Waals surface area contributed by atoms with Crippen molar-refractivity contribution in [2.45, 2.75) is 51.7 Å². The summed E-state index contributed by atoms with van der Waals surface area (Å²) in [6.07, 6.45) is 7.56. The van der Waals surface area contributed by atoms with E-state index in [0.29, 0.717) is 12.4 Å². The van der Waals surface area contributed by atoms with Gasteiger partial charge in [-0.15, -0.1) is 0 Å². The van der Waals surface area contributed by atoms with Crippen molar-refractivity contribution in [2.75, 3.05) is 4.90 Å². The van der Waals surface area contributed by atoms with Crippen molar-refractivity contribution in [2.24, 2.45) is 0 Å². The van der Waals surface area contributed by atoms with E-state index in [1.807, 2.05) is 76.2 Å². The molecule has 33 heavy (non-hydrogen) atoms. The van der Waals surface area contributed by atoms with Gasteiger partial charge >= 0.3 is 0 Å². The van der Waals surface area contributed by atoms with Gasteiger partial charge in [0.05, 0.1) is 0 Å². The van der Waals surface area contributed by atoms with Crippen LogP contribution in [-0.2, 0) is 11.4 Å². The molecule has 1 aliphatic rings. The van der Waals surface area contributed by atoms with Gasteiger partial charge in [-0.05, 0) is 30.5 Å². The molecular weight excluding hydrogens is 410 g/mol. The number of fused-ring (bicyclic) bond motifs is 1. The zero-order chi connectivity index (χ0) is 22.6. The molecule has 5 rings (SSSR count). The zero-order valence-corrected chi connectivity index (χ0v) is 19.0. The Morgan fingerprint density at radius 2 is 1.67 bits per heavy atom. The Morgan fingerprint density at radius 1 is 0.970 bits per heavy atom. The van der Waals surface area contributed by atoms with Gasteiger partial charge in [0.1, 0.15) is 18.1 Å². The van der Waals surface area contributed by atoms with Gasteiger partial charge in [0, 0.05) is 24.7 Å². The average Bonchev–Trinajstić information content (AvgIpc) is 3.24. The van der Waals surface area contributed by atoms with Crippen LogP contribution in [0, 0.1) is 0 Å². The molecule has 0 unspecified atom stereocenters. The van der Waals surface area contributed by atoms with Crippen molar-refractivity contribution >= 4 is 17.4 Å². The maximum atomic E-state index is 13.0. The van der Waals surface area contributed by atoms with E-state index in [0.717, 1.165) is 54.0 Å². The molecule has 1 fully saturated rings. The molecule has 0 radical (unpaired) electrons. The first-order chi connectivity index (χ1) is 16.2. The number of anilines is 1. The number of nitrogens with zero attached hydrogens (tertiary/aromatic N) is 3.